The van der Waals surface area contributed by atoms with Crippen molar-refractivity contribution >= 4 is 11.8 Å². The van der Waals surface area contributed by atoms with E-state index in [2.05, 4.69) is 46.1 Å². The zero-order valence-corrected chi connectivity index (χ0v) is 25.5. The summed E-state index contributed by atoms with van der Waals surface area (Å²) >= 11 is 0. The number of carbonyl (C=O) groups excluding carboxylic acids is 1. The predicted octanol–water partition coefficient (Wildman–Crippen LogP) is 6.38. The molecule has 1 aliphatic heterocycles. The summed E-state index contributed by atoms with van der Waals surface area (Å²) in [5, 5.41) is 9.90. The van der Waals surface area contributed by atoms with Gasteiger partial charge in [0, 0.05) is 37.2 Å². The fraction of sp³-hybridized carbons (Fsp3) is 0.484. The second-order valence-electron chi connectivity index (χ2n) is 11.7. The van der Waals surface area contributed by atoms with Crippen LogP contribution in [0.2, 0.25) is 0 Å². The Kier molecular flexibility index (Phi) is 10.4. The maximum Gasteiger partial charge on any atom is 0.573 e. The number of hydrogen-bond acceptors (Lipinski definition) is 6. The number of nitrogens with one attached hydrogen (secondary N) is 2. The number of likely N-dealkylation sites (tertiary alicyclic amines) is 1. The number of amides is 2. The van der Waals surface area contributed by atoms with Crippen LogP contribution in [0.1, 0.15) is 43.9 Å². The summed E-state index contributed by atoms with van der Waals surface area (Å²) in [6, 6.07) is 12.5. The minimum absolute atomic E-state index is 0.114. The average Bonchev–Trinajstić information content (AvgIpc) is 3.26. The number of benzene rings is 2. The van der Waals surface area contributed by atoms with Gasteiger partial charge in [0.2, 0.25) is 5.88 Å². The van der Waals surface area contributed by atoms with Gasteiger partial charge in [0.15, 0.2) is 0 Å². The summed E-state index contributed by atoms with van der Waals surface area (Å²) in [6.07, 6.45) is -5.33. The minimum Gasteiger partial charge on any atom is -0.476 e. The molecule has 4 rings (SSSR count). The van der Waals surface area contributed by atoms with Crippen LogP contribution < -0.4 is 20.1 Å². The van der Waals surface area contributed by atoms with Crippen LogP contribution in [0, 0.1) is 12.8 Å². The van der Waals surface area contributed by atoms with Crippen molar-refractivity contribution in [1.82, 2.24) is 20.0 Å². The molecule has 1 fully saturated rings. The zero-order chi connectivity index (χ0) is 32.1. The molecule has 13 heteroatoms. The molecule has 2 atom stereocenters. The summed E-state index contributed by atoms with van der Waals surface area (Å²) in [5.41, 5.74) is 1.74. The molecule has 1 aromatic heterocycles. The third-order valence-electron chi connectivity index (χ3n) is 7.47. The molecule has 0 saturated carbocycles. The van der Waals surface area contributed by atoms with Crippen molar-refractivity contribution in [2.45, 2.75) is 65.3 Å². The quantitative estimate of drug-likeness (QED) is 0.255. The van der Waals surface area contributed by atoms with Crippen molar-refractivity contribution in [3.8, 4) is 17.3 Å². The number of alkyl halides is 4. The molecule has 2 N–H and O–H groups in total. The first kappa shape index (κ1) is 33.1. The Hall–Kier alpha value is -3.84. The van der Waals surface area contributed by atoms with E-state index < -0.39 is 24.3 Å². The summed E-state index contributed by atoms with van der Waals surface area (Å²) in [7, 11) is 1.47. The van der Waals surface area contributed by atoms with Gasteiger partial charge in [0.25, 0.3) is 0 Å². The number of ether oxygens (including phenoxy) is 3. The summed E-state index contributed by atoms with van der Waals surface area (Å²) in [4.78, 5) is 15.2. The summed E-state index contributed by atoms with van der Waals surface area (Å²) < 4.78 is 70.8. The largest absolute Gasteiger partial charge is 0.573 e. The molecular weight excluding hydrogens is 582 g/mol. The minimum atomic E-state index is -4.90. The molecule has 0 unspecified atom stereocenters. The zero-order valence-electron chi connectivity index (χ0n) is 25.5. The van der Waals surface area contributed by atoms with Gasteiger partial charge in [-0.25, -0.2) is 13.9 Å². The molecule has 2 heterocycles. The van der Waals surface area contributed by atoms with Crippen molar-refractivity contribution < 1.29 is 36.6 Å². The van der Waals surface area contributed by atoms with Gasteiger partial charge in [-0.1, -0.05) is 24.3 Å². The van der Waals surface area contributed by atoms with Gasteiger partial charge in [-0.2, -0.15) is 0 Å². The number of piperidine rings is 1. The second kappa shape index (κ2) is 13.9. The van der Waals surface area contributed by atoms with E-state index in [-0.39, 0.29) is 42.7 Å². The highest BCUT2D eigenvalue weighted by atomic mass is 19.4. The Morgan fingerprint density at radius 1 is 1.11 bits per heavy atom. The number of methoxy groups -OCH3 is 1. The molecule has 240 valence electrons. The highest BCUT2D eigenvalue weighted by Crippen LogP contribution is 2.32. The van der Waals surface area contributed by atoms with E-state index in [1.54, 1.807) is 19.1 Å². The Morgan fingerprint density at radius 3 is 2.48 bits per heavy atom. The molecule has 2 aromatic carbocycles. The Bertz CT molecular complexity index is 1410. The SMILES string of the molecule is COCc1ccc(OC(F)(F)F)c(CNC(=O)Nc2c(C)c(OC[C@H]3CCN(C(C)(C)C)C[C@H]3F)nn2-c2ccccc2)c1. The number of urea groups is 1. The summed E-state index contributed by atoms with van der Waals surface area (Å²) in [6.45, 7) is 9.02. The molecule has 44 heavy (non-hydrogen) atoms. The van der Waals surface area contributed by atoms with Crippen molar-refractivity contribution in [3.05, 3.63) is 65.2 Å². The highest BCUT2D eigenvalue weighted by molar-refractivity contribution is 5.89. The molecule has 9 nitrogen and oxygen atoms in total. The molecule has 0 radical (unpaired) electrons. The fourth-order valence-corrected chi connectivity index (χ4v) is 5.03. The number of para-hydroxylation sites is 1. The molecule has 2 amide bonds. The smallest absolute Gasteiger partial charge is 0.476 e. The molecule has 0 spiro atoms. The van der Waals surface area contributed by atoms with Crippen LogP contribution in [0.3, 0.4) is 0 Å². The summed E-state index contributed by atoms with van der Waals surface area (Å²) in [5.74, 6) is -0.208. The van der Waals surface area contributed by atoms with Crippen LogP contribution in [0.25, 0.3) is 5.69 Å². The van der Waals surface area contributed by atoms with E-state index in [9.17, 15) is 18.0 Å². The highest BCUT2D eigenvalue weighted by Gasteiger charge is 2.35. The number of halogens is 4. The first-order chi connectivity index (χ1) is 20.7. The topological polar surface area (TPSA) is 89.9 Å². The monoisotopic (exact) mass is 621 g/mol. The van der Waals surface area contributed by atoms with Crippen LogP contribution in [0.4, 0.5) is 28.2 Å². The second-order valence-corrected chi connectivity index (χ2v) is 11.7. The molecule has 1 aliphatic rings. The molecular formula is C31H39F4N5O4. The molecule has 1 saturated heterocycles. The first-order valence-electron chi connectivity index (χ1n) is 14.3. The van der Waals surface area contributed by atoms with Crippen molar-refractivity contribution in [2.24, 2.45) is 5.92 Å². The lowest BCUT2D eigenvalue weighted by molar-refractivity contribution is -0.274. The van der Waals surface area contributed by atoms with Crippen LogP contribution in [0.15, 0.2) is 48.5 Å². The Labute approximate surface area is 254 Å². The maximum absolute atomic E-state index is 15.1. The number of anilines is 1. The van der Waals surface area contributed by atoms with Gasteiger partial charge in [-0.3, -0.25) is 10.2 Å². The maximum atomic E-state index is 15.1. The van der Waals surface area contributed by atoms with Crippen molar-refractivity contribution in [1.29, 1.82) is 0 Å². The Balaban J connectivity index is 1.49. The van der Waals surface area contributed by atoms with Gasteiger partial charge in [0.1, 0.15) is 17.7 Å². The van der Waals surface area contributed by atoms with Gasteiger partial charge in [0.05, 0.1) is 24.5 Å². The van der Waals surface area contributed by atoms with Crippen molar-refractivity contribution in [3.63, 3.8) is 0 Å². The lowest BCUT2D eigenvalue weighted by Crippen LogP contribution is -2.51. The van der Waals surface area contributed by atoms with E-state index in [4.69, 9.17) is 9.47 Å². The third-order valence-corrected chi connectivity index (χ3v) is 7.47. The van der Waals surface area contributed by atoms with Gasteiger partial charge >= 0.3 is 12.4 Å². The lowest BCUT2D eigenvalue weighted by Gasteiger charge is -2.42. The number of rotatable bonds is 10. The normalized spacial score (nSPS) is 17.8. The van der Waals surface area contributed by atoms with E-state index >= 15 is 4.39 Å². The predicted molar refractivity (Wildman–Crippen MR) is 158 cm³/mol. The molecule has 3 aromatic rings. The van der Waals surface area contributed by atoms with E-state index in [1.165, 1.54) is 30.0 Å². The van der Waals surface area contributed by atoms with Gasteiger partial charge in [-0.05, 0) is 70.5 Å². The van der Waals surface area contributed by atoms with Crippen LogP contribution in [0.5, 0.6) is 11.6 Å². The van der Waals surface area contributed by atoms with Crippen LogP contribution >= 0.6 is 0 Å². The van der Waals surface area contributed by atoms with E-state index in [1.807, 2.05) is 18.2 Å². The average molecular weight is 622 g/mol. The fourth-order valence-electron chi connectivity index (χ4n) is 5.03. The van der Waals surface area contributed by atoms with E-state index in [0.717, 1.165) is 6.54 Å². The van der Waals surface area contributed by atoms with E-state index in [0.29, 0.717) is 35.6 Å². The van der Waals surface area contributed by atoms with Crippen LogP contribution in [-0.4, -0.2) is 65.6 Å². The lowest BCUT2D eigenvalue weighted by atomic mass is 9.92. The number of aromatic nitrogens is 2. The number of carbonyl (C=O) groups is 1. The van der Waals surface area contributed by atoms with Gasteiger partial charge in [-0.15, -0.1) is 18.3 Å². The van der Waals surface area contributed by atoms with Crippen molar-refractivity contribution in [2.75, 3.05) is 32.1 Å². The standard InChI is InChI=1S/C31H39F4N5O4/c1-20-27(37-29(41)36-16-23-15-21(18-42-5)11-12-26(23)44-31(33,34)35)40(24-9-7-6-8-10-24)38-28(20)43-19-22-13-14-39(17-25(22)32)30(2,3)4/h6-12,15,22,25H,13-14,16-19H2,1-5H3,(H2,36,37,41)/t22-,25-/m1/s1. The van der Waals surface area contributed by atoms with Gasteiger partial charge < -0.3 is 19.5 Å². The number of nitrogens with zero attached hydrogens (tertiary/aromatic N) is 3. The number of hydrogen-bond donors (Lipinski definition) is 2. The third kappa shape index (κ3) is 8.63. The Morgan fingerprint density at radius 2 is 1.84 bits per heavy atom. The first-order valence-corrected chi connectivity index (χ1v) is 14.3. The molecule has 0 aliphatic carbocycles. The van der Waals surface area contributed by atoms with Crippen LogP contribution in [-0.2, 0) is 17.9 Å². The molecule has 0 bridgehead atoms.